The second-order valence-electron chi connectivity index (χ2n) is 4.34. The SMILES string of the molecule is CC(C[C@H](C)c1ccc(C)cc1)=NNC(N)=O. The molecule has 1 aromatic carbocycles. The molecule has 2 amide bonds. The van der Waals surface area contributed by atoms with E-state index in [1.54, 1.807) is 0 Å². The average Bonchev–Trinajstić information content (AvgIpc) is 2.27. The van der Waals surface area contributed by atoms with Gasteiger partial charge in [-0.2, -0.15) is 5.10 Å². The van der Waals surface area contributed by atoms with Crippen molar-refractivity contribution >= 4 is 11.7 Å². The van der Waals surface area contributed by atoms with E-state index >= 15 is 0 Å². The largest absolute Gasteiger partial charge is 0.350 e. The highest BCUT2D eigenvalue weighted by Crippen LogP contribution is 2.19. The number of hydrazone groups is 1. The smallest absolute Gasteiger partial charge is 0.332 e. The lowest BCUT2D eigenvalue weighted by atomic mass is 9.95. The monoisotopic (exact) mass is 233 g/mol. The Morgan fingerprint density at radius 2 is 2.00 bits per heavy atom. The van der Waals surface area contributed by atoms with Gasteiger partial charge < -0.3 is 5.73 Å². The van der Waals surface area contributed by atoms with E-state index in [9.17, 15) is 4.79 Å². The van der Waals surface area contributed by atoms with E-state index in [-0.39, 0.29) is 0 Å². The van der Waals surface area contributed by atoms with Gasteiger partial charge in [0.05, 0.1) is 0 Å². The molecule has 0 radical (unpaired) electrons. The Bertz CT molecular complexity index is 409. The third-order valence-corrected chi connectivity index (χ3v) is 2.60. The van der Waals surface area contributed by atoms with Crippen LogP contribution in [0.15, 0.2) is 29.4 Å². The molecule has 4 heteroatoms. The van der Waals surface area contributed by atoms with Crippen LogP contribution in [0.1, 0.15) is 37.3 Å². The van der Waals surface area contributed by atoms with Crippen molar-refractivity contribution in [1.29, 1.82) is 0 Å². The second-order valence-corrected chi connectivity index (χ2v) is 4.34. The van der Waals surface area contributed by atoms with Crippen LogP contribution in [-0.4, -0.2) is 11.7 Å². The zero-order valence-corrected chi connectivity index (χ0v) is 10.5. The molecule has 0 bridgehead atoms. The molecule has 1 aromatic rings. The highest BCUT2D eigenvalue weighted by Gasteiger charge is 2.07. The van der Waals surface area contributed by atoms with Crippen molar-refractivity contribution in [1.82, 2.24) is 5.43 Å². The van der Waals surface area contributed by atoms with Gasteiger partial charge in [0.1, 0.15) is 0 Å². The first kappa shape index (κ1) is 13.2. The number of nitrogens with one attached hydrogen (secondary N) is 1. The number of aryl methyl sites for hydroxylation is 1. The second kappa shape index (κ2) is 6.03. The van der Waals surface area contributed by atoms with Gasteiger partial charge in [-0.15, -0.1) is 0 Å². The lowest BCUT2D eigenvalue weighted by molar-refractivity contribution is 0.249. The normalized spacial score (nSPS) is 13.2. The molecule has 3 N–H and O–H groups in total. The number of nitrogens with two attached hydrogens (primary N) is 1. The van der Waals surface area contributed by atoms with Gasteiger partial charge in [-0.3, -0.25) is 0 Å². The minimum Gasteiger partial charge on any atom is -0.350 e. The predicted octanol–water partition coefficient (Wildman–Crippen LogP) is 2.53. The number of hydrogen-bond donors (Lipinski definition) is 2. The van der Waals surface area contributed by atoms with Crippen LogP contribution in [0, 0.1) is 6.92 Å². The third-order valence-electron chi connectivity index (χ3n) is 2.60. The number of rotatable bonds is 4. The number of primary amides is 1. The van der Waals surface area contributed by atoms with Gasteiger partial charge in [0.25, 0.3) is 0 Å². The fourth-order valence-electron chi connectivity index (χ4n) is 1.65. The maximum Gasteiger partial charge on any atom is 0.332 e. The van der Waals surface area contributed by atoms with Crippen molar-refractivity contribution in [3.05, 3.63) is 35.4 Å². The van der Waals surface area contributed by atoms with Crippen molar-refractivity contribution in [2.45, 2.75) is 33.1 Å². The maximum atomic E-state index is 10.5. The maximum absolute atomic E-state index is 10.5. The quantitative estimate of drug-likeness (QED) is 0.609. The molecular weight excluding hydrogens is 214 g/mol. The third kappa shape index (κ3) is 4.68. The van der Waals surface area contributed by atoms with Gasteiger partial charge in [-0.05, 0) is 31.7 Å². The van der Waals surface area contributed by atoms with Crippen LogP contribution in [0.25, 0.3) is 0 Å². The molecule has 1 rings (SSSR count). The fourth-order valence-corrected chi connectivity index (χ4v) is 1.65. The lowest BCUT2D eigenvalue weighted by Gasteiger charge is -2.11. The topological polar surface area (TPSA) is 67.5 Å². The van der Waals surface area contributed by atoms with Gasteiger partial charge in [-0.25, -0.2) is 10.2 Å². The molecule has 0 unspecified atom stereocenters. The molecule has 0 aromatic heterocycles. The highest BCUT2D eigenvalue weighted by atomic mass is 16.2. The van der Waals surface area contributed by atoms with Crippen LogP contribution < -0.4 is 11.2 Å². The first-order valence-electron chi connectivity index (χ1n) is 5.64. The van der Waals surface area contributed by atoms with Gasteiger partial charge in [0.2, 0.25) is 0 Å². The van der Waals surface area contributed by atoms with Crippen LogP contribution >= 0.6 is 0 Å². The van der Waals surface area contributed by atoms with Crippen molar-refractivity contribution < 1.29 is 4.79 Å². The van der Waals surface area contributed by atoms with E-state index in [1.807, 2.05) is 6.92 Å². The summed E-state index contributed by atoms with van der Waals surface area (Å²) in [6, 6.07) is 7.80. The molecule has 0 heterocycles. The Kier molecular flexibility index (Phi) is 4.69. The predicted molar refractivity (Wildman–Crippen MR) is 70.0 cm³/mol. The summed E-state index contributed by atoms with van der Waals surface area (Å²) < 4.78 is 0. The number of carbonyl (C=O) groups is 1. The standard InChI is InChI=1S/C13H19N3O/c1-9-4-6-12(7-5-9)10(2)8-11(3)15-16-13(14)17/h4-7,10H,8H2,1-3H3,(H3,14,16,17)/t10-/m0/s1. The van der Waals surface area contributed by atoms with Crippen LogP contribution in [0.2, 0.25) is 0 Å². The summed E-state index contributed by atoms with van der Waals surface area (Å²) in [4.78, 5) is 10.5. The molecule has 1 atom stereocenters. The van der Waals surface area contributed by atoms with E-state index in [1.165, 1.54) is 11.1 Å². The Labute approximate surface area is 102 Å². The van der Waals surface area contributed by atoms with Crippen molar-refractivity contribution in [3.63, 3.8) is 0 Å². The molecule has 4 nitrogen and oxygen atoms in total. The summed E-state index contributed by atoms with van der Waals surface area (Å²) in [5.74, 6) is 0.369. The van der Waals surface area contributed by atoms with Crippen LogP contribution in [-0.2, 0) is 0 Å². The first-order valence-corrected chi connectivity index (χ1v) is 5.64. The minimum atomic E-state index is -0.632. The molecular formula is C13H19N3O. The van der Waals surface area contributed by atoms with Crippen molar-refractivity contribution in [2.24, 2.45) is 10.8 Å². The fraction of sp³-hybridized carbons (Fsp3) is 0.385. The van der Waals surface area contributed by atoms with Gasteiger partial charge in [0, 0.05) is 5.71 Å². The first-order chi connectivity index (χ1) is 7.99. The molecule has 0 spiro atoms. The summed E-state index contributed by atoms with van der Waals surface area (Å²) in [6.07, 6.45) is 0.795. The number of benzene rings is 1. The van der Waals surface area contributed by atoms with Gasteiger partial charge in [-0.1, -0.05) is 36.8 Å². The molecule has 0 saturated carbocycles. The van der Waals surface area contributed by atoms with Crippen LogP contribution in [0.5, 0.6) is 0 Å². The zero-order valence-electron chi connectivity index (χ0n) is 10.5. The number of carbonyl (C=O) groups excluding carboxylic acids is 1. The summed E-state index contributed by atoms with van der Waals surface area (Å²) in [7, 11) is 0. The van der Waals surface area contributed by atoms with Crippen LogP contribution in [0.3, 0.4) is 0 Å². The number of amides is 2. The molecule has 0 aliphatic heterocycles. The lowest BCUT2D eigenvalue weighted by Crippen LogP contribution is -2.25. The van der Waals surface area contributed by atoms with E-state index in [0.29, 0.717) is 5.92 Å². The molecule has 17 heavy (non-hydrogen) atoms. The molecule has 92 valence electrons. The van der Waals surface area contributed by atoms with E-state index in [0.717, 1.165) is 12.1 Å². The molecule has 0 aliphatic rings. The summed E-state index contributed by atoms with van der Waals surface area (Å²) in [5, 5.41) is 3.90. The summed E-state index contributed by atoms with van der Waals surface area (Å²) >= 11 is 0. The van der Waals surface area contributed by atoms with E-state index in [2.05, 4.69) is 48.6 Å². The Morgan fingerprint density at radius 3 is 2.53 bits per heavy atom. The number of urea groups is 1. The summed E-state index contributed by atoms with van der Waals surface area (Å²) in [5.41, 5.74) is 10.6. The minimum absolute atomic E-state index is 0.369. The Morgan fingerprint density at radius 1 is 1.41 bits per heavy atom. The molecule has 0 fully saturated rings. The zero-order chi connectivity index (χ0) is 12.8. The van der Waals surface area contributed by atoms with E-state index < -0.39 is 6.03 Å². The highest BCUT2D eigenvalue weighted by molar-refractivity contribution is 5.84. The molecule has 0 saturated heterocycles. The Balaban J connectivity index is 2.59. The number of hydrogen-bond acceptors (Lipinski definition) is 2. The molecule has 0 aliphatic carbocycles. The van der Waals surface area contributed by atoms with Crippen molar-refractivity contribution in [3.8, 4) is 0 Å². The summed E-state index contributed by atoms with van der Waals surface area (Å²) in [6.45, 7) is 6.08. The average molecular weight is 233 g/mol. The van der Waals surface area contributed by atoms with Gasteiger partial charge >= 0.3 is 6.03 Å². The number of nitrogens with zero attached hydrogens (tertiary/aromatic N) is 1. The Hall–Kier alpha value is -1.84. The van der Waals surface area contributed by atoms with Crippen LogP contribution in [0.4, 0.5) is 4.79 Å². The van der Waals surface area contributed by atoms with Crippen molar-refractivity contribution in [2.75, 3.05) is 0 Å². The van der Waals surface area contributed by atoms with Gasteiger partial charge in [0.15, 0.2) is 0 Å². The van der Waals surface area contributed by atoms with E-state index in [4.69, 9.17) is 5.73 Å².